The monoisotopic (exact) mass is 341 g/mol. The SMILES string of the molecule is Brc1ccc(P(c2ccccc2)c2ccccc2)cn1. The Morgan fingerprint density at radius 2 is 1.20 bits per heavy atom. The van der Waals surface area contributed by atoms with E-state index in [9.17, 15) is 0 Å². The molecule has 98 valence electrons. The number of benzene rings is 2. The molecule has 0 aliphatic rings. The number of halogens is 1. The smallest absolute Gasteiger partial charge is 0.106 e. The maximum atomic E-state index is 4.38. The van der Waals surface area contributed by atoms with E-state index in [4.69, 9.17) is 0 Å². The summed E-state index contributed by atoms with van der Waals surface area (Å²) in [6.07, 6.45) is 1.97. The number of pyridine rings is 1. The van der Waals surface area contributed by atoms with Crippen LogP contribution in [0.4, 0.5) is 0 Å². The summed E-state index contributed by atoms with van der Waals surface area (Å²) in [6, 6.07) is 25.4. The molecule has 0 aliphatic carbocycles. The number of aromatic nitrogens is 1. The van der Waals surface area contributed by atoms with Crippen molar-refractivity contribution in [1.82, 2.24) is 4.98 Å². The number of hydrogen-bond acceptors (Lipinski definition) is 1. The molecule has 1 heterocycles. The predicted molar refractivity (Wildman–Crippen MR) is 90.6 cm³/mol. The lowest BCUT2D eigenvalue weighted by atomic mass is 10.4. The number of hydrogen-bond donors (Lipinski definition) is 0. The molecule has 20 heavy (non-hydrogen) atoms. The molecule has 0 saturated heterocycles. The van der Waals surface area contributed by atoms with Gasteiger partial charge in [0.15, 0.2) is 0 Å². The van der Waals surface area contributed by atoms with Crippen LogP contribution >= 0.6 is 23.9 Å². The van der Waals surface area contributed by atoms with E-state index in [0.29, 0.717) is 0 Å². The van der Waals surface area contributed by atoms with Crippen LogP contribution in [0.5, 0.6) is 0 Å². The summed E-state index contributed by atoms with van der Waals surface area (Å²) >= 11 is 3.40. The molecule has 0 saturated carbocycles. The van der Waals surface area contributed by atoms with Crippen LogP contribution in [0.15, 0.2) is 83.6 Å². The molecule has 0 spiro atoms. The molecular weight excluding hydrogens is 329 g/mol. The van der Waals surface area contributed by atoms with E-state index in [1.165, 1.54) is 15.9 Å². The van der Waals surface area contributed by atoms with Crippen LogP contribution in [0.25, 0.3) is 0 Å². The Morgan fingerprint density at radius 3 is 1.65 bits per heavy atom. The van der Waals surface area contributed by atoms with Crippen molar-refractivity contribution in [2.45, 2.75) is 0 Å². The molecule has 0 aliphatic heterocycles. The predicted octanol–water partition coefficient (Wildman–Crippen LogP) is 3.60. The van der Waals surface area contributed by atoms with Crippen molar-refractivity contribution in [3.05, 3.63) is 83.6 Å². The normalized spacial score (nSPS) is 10.7. The van der Waals surface area contributed by atoms with Crippen molar-refractivity contribution < 1.29 is 0 Å². The minimum atomic E-state index is -0.542. The van der Waals surface area contributed by atoms with Crippen LogP contribution in [-0.2, 0) is 0 Å². The highest BCUT2D eigenvalue weighted by atomic mass is 79.9. The second-order valence-corrected chi connectivity index (χ2v) is 7.38. The lowest BCUT2D eigenvalue weighted by molar-refractivity contribution is 1.30. The number of rotatable bonds is 3. The van der Waals surface area contributed by atoms with Gasteiger partial charge < -0.3 is 0 Å². The minimum Gasteiger partial charge on any atom is -0.249 e. The zero-order valence-electron chi connectivity index (χ0n) is 10.8. The first-order valence-corrected chi connectivity index (χ1v) is 8.50. The van der Waals surface area contributed by atoms with Gasteiger partial charge in [0, 0.05) is 11.5 Å². The lowest BCUT2D eigenvalue weighted by Crippen LogP contribution is -2.20. The average molecular weight is 342 g/mol. The summed E-state index contributed by atoms with van der Waals surface area (Å²) in [5.74, 6) is 0. The first-order valence-electron chi connectivity index (χ1n) is 6.36. The van der Waals surface area contributed by atoms with Crippen molar-refractivity contribution in [2.75, 3.05) is 0 Å². The van der Waals surface area contributed by atoms with Crippen LogP contribution < -0.4 is 15.9 Å². The van der Waals surface area contributed by atoms with E-state index < -0.39 is 7.92 Å². The second-order valence-electron chi connectivity index (χ2n) is 4.35. The topological polar surface area (TPSA) is 12.9 Å². The van der Waals surface area contributed by atoms with E-state index in [0.717, 1.165) is 4.60 Å². The van der Waals surface area contributed by atoms with E-state index >= 15 is 0 Å². The van der Waals surface area contributed by atoms with E-state index in [2.05, 4.69) is 87.6 Å². The molecule has 0 fully saturated rings. The van der Waals surface area contributed by atoms with Gasteiger partial charge in [0.2, 0.25) is 0 Å². The molecule has 0 bridgehead atoms. The first kappa shape index (κ1) is 13.5. The van der Waals surface area contributed by atoms with E-state index in [1.54, 1.807) is 0 Å². The molecule has 3 aromatic rings. The van der Waals surface area contributed by atoms with Gasteiger partial charge in [0.05, 0.1) is 0 Å². The third kappa shape index (κ3) is 2.98. The van der Waals surface area contributed by atoms with Crippen molar-refractivity contribution >= 4 is 39.8 Å². The summed E-state index contributed by atoms with van der Waals surface area (Å²) < 4.78 is 0.873. The number of nitrogens with zero attached hydrogens (tertiary/aromatic N) is 1. The Kier molecular flexibility index (Phi) is 4.25. The quantitative estimate of drug-likeness (QED) is 0.524. The third-order valence-corrected chi connectivity index (χ3v) is 5.88. The van der Waals surface area contributed by atoms with Crippen LogP contribution in [0.1, 0.15) is 0 Å². The zero-order chi connectivity index (χ0) is 13.8. The molecular formula is C17H13BrNP. The standard InChI is InChI=1S/C17H13BrNP/c18-17-12-11-16(13-19-17)20(14-7-3-1-4-8-14)15-9-5-2-6-10-15/h1-13H. The molecule has 2 aromatic carbocycles. The summed E-state index contributed by atoms with van der Waals surface area (Å²) in [5.41, 5.74) is 0. The van der Waals surface area contributed by atoms with Gasteiger partial charge in [0.25, 0.3) is 0 Å². The zero-order valence-corrected chi connectivity index (χ0v) is 13.3. The molecule has 1 nitrogen and oxygen atoms in total. The van der Waals surface area contributed by atoms with Gasteiger partial charge in [-0.05, 0) is 46.6 Å². The Hall–Kier alpha value is -1.50. The highest BCUT2D eigenvalue weighted by Crippen LogP contribution is 2.32. The van der Waals surface area contributed by atoms with Gasteiger partial charge >= 0.3 is 0 Å². The van der Waals surface area contributed by atoms with E-state index in [1.807, 2.05) is 12.3 Å². The van der Waals surface area contributed by atoms with Gasteiger partial charge in [-0.1, -0.05) is 60.7 Å². The molecule has 0 amide bonds. The maximum absolute atomic E-state index is 4.38. The fraction of sp³-hybridized carbons (Fsp3) is 0. The summed E-state index contributed by atoms with van der Waals surface area (Å²) in [6.45, 7) is 0. The van der Waals surface area contributed by atoms with Gasteiger partial charge in [-0.2, -0.15) is 0 Å². The minimum absolute atomic E-state index is 0.542. The maximum Gasteiger partial charge on any atom is 0.106 e. The van der Waals surface area contributed by atoms with Crippen LogP contribution in [0, 0.1) is 0 Å². The molecule has 0 atom stereocenters. The summed E-state index contributed by atoms with van der Waals surface area (Å²) in [7, 11) is -0.542. The molecule has 3 rings (SSSR count). The third-order valence-electron chi connectivity index (χ3n) is 3.00. The highest BCUT2D eigenvalue weighted by Gasteiger charge is 2.15. The summed E-state index contributed by atoms with van der Waals surface area (Å²) in [5, 5.41) is 3.95. The molecule has 0 N–H and O–H groups in total. The first-order chi connectivity index (χ1) is 9.84. The van der Waals surface area contributed by atoms with Crippen LogP contribution in [-0.4, -0.2) is 4.98 Å². The Bertz CT molecular complexity index is 629. The van der Waals surface area contributed by atoms with E-state index in [-0.39, 0.29) is 0 Å². The van der Waals surface area contributed by atoms with Gasteiger partial charge in [0.1, 0.15) is 4.60 Å². The molecule has 1 aromatic heterocycles. The molecule has 3 heteroatoms. The van der Waals surface area contributed by atoms with Gasteiger partial charge in [-0.15, -0.1) is 0 Å². The fourth-order valence-electron chi connectivity index (χ4n) is 2.10. The Labute approximate surface area is 128 Å². The summed E-state index contributed by atoms with van der Waals surface area (Å²) in [4.78, 5) is 4.38. The lowest BCUT2D eigenvalue weighted by Gasteiger charge is -2.18. The average Bonchev–Trinajstić information content (AvgIpc) is 2.52. The highest BCUT2D eigenvalue weighted by molar-refractivity contribution is 9.10. The fourth-order valence-corrected chi connectivity index (χ4v) is 4.57. The van der Waals surface area contributed by atoms with Crippen molar-refractivity contribution in [2.24, 2.45) is 0 Å². The van der Waals surface area contributed by atoms with Gasteiger partial charge in [-0.25, -0.2) is 4.98 Å². The van der Waals surface area contributed by atoms with Crippen molar-refractivity contribution in [3.63, 3.8) is 0 Å². The van der Waals surface area contributed by atoms with Crippen molar-refractivity contribution in [3.8, 4) is 0 Å². The Balaban J connectivity index is 2.11. The van der Waals surface area contributed by atoms with Crippen LogP contribution in [0.2, 0.25) is 0 Å². The second kappa shape index (κ2) is 6.30. The van der Waals surface area contributed by atoms with Gasteiger partial charge in [-0.3, -0.25) is 0 Å². The Morgan fingerprint density at radius 1 is 0.650 bits per heavy atom. The molecule has 0 unspecified atom stereocenters. The molecule has 0 radical (unpaired) electrons. The largest absolute Gasteiger partial charge is 0.249 e. The van der Waals surface area contributed by atoms with Crippen molar-refractivity contribution in [1.29, 1.82) is 0 Å². The van der Waals surface area contributed by atoms with Crippen LogP contribution in [0.3, 0.4) is 0 Å².